The zero-order valence-electron chi connectivity index (χ0n) is 14.9. The SMILES string of the molecule is CC(C)CC(NC(=O)c1ccc(S(=O)(=O)Nc2ccncc2)cc1)C(=O)O. The zero-order valence-corrected chi connectivity index (χ0v) is 15.7. The highest BCUT2D eigenvalue weighted by Crippen LogP contribution is 2.16. The van der Waals surface area contributed by atoms with Crippen LogP contribution in [0.5, 0.6) is 0 Å². The Morgan fingerprint density at radius 3 is 2.19 bits per heavy atom. The first kappa shape index (κ1) is 20.4. The fraction of sp³-hybridized carbons (Fsp3) is 0.278. The van der Waals surface area contributed by atoms with Crippen molar-refractivity contribution < 1.29 is 23.1 Å². The standard InChI is InChI=1S/C18H21N3O5S/c1-12(2)11-16(18(23)24)20-17(22)13-3-5-15(6-4-13)27(25,26)21-14-7-9-19-10-8-14/h3-10,12,16H,11H2,1-2H3,(H,19,21)(H,20,22)(H,23,24). The van der Waals surface area contributed by atoms with Crippen molar-refractivity contribution in [3.05, 3.63) is 54.4 Å². The van der Waals surface area contributed by atoms with Gasteiger partial charge in [0.1, 0.15) is 6.04 Å². The lowest BCUT2D eigenvalue weighted by Gasteiger charge is -2.16. The van der Waals surface area contributed by atoms with Gasteiger partial charge in [-0.05, 0) is 48.7 Å². The summed E-state index contributed by atoms with van der Waals surface area (Å²) in [5.41, 5.74) is 0.540. The summed E-state index contributed by atoms with van der Waals surface area (Å²) in [6.45, 7) is 3.72. The molecule has 2 rings (SSSR count). The van der Waals surface area contributed by atoms with E-state index in [1.165, 1.54) is 48.8 Å². The van der Waals surface area contributed by atoms with Crippen molar-refractivity contribution in [3.8, 4) is 0 Å². The van der Waals surface area contributed by atoms with Crippen molar-refractivity contribution in [2.75, 3.05) is 4.72 Å². The first-order valence-corrected chi connectivity index (χ1v) is 9.74. The maximum absolute atomic E-state index is 12.4. The molecule has 3 N–H and O–H groups in total. The monoisotopic (exact) mass is 391 g/mol. The minimum Gasteiger partial charge on any atom is -0.480 e. The number of amides is 1. The summed E-state index contributed by atoms with van der Waals surface area (Å²) >= 11 is 0. The fourth-order valence-electron chi connectivity index (χ4n) is 2.35. The molecule has 0 spiro atoms. The van der Waals surface area contributed by atoms with E-state index >= 15 is 0 Å². The molecular formula is C18H21N3O5S. The molecule has 0 aliphatic carbocycles. The number of aromatic nitrogens is 1. The quantitative estimate of drug-likeness (QED) is 0.633. The number of carbonyl (C=O) groups is 2. The van der Waals surface area contributed by atoms with Gasteiger partial charge in [0.25, 0.3) is 15.9 Å². The van der Waals surface area contributed by atoms with Crippen molar-refractivity contribution in [2.24, 2.45) is 5.92 Å². The molecule has 1 aromatic carbocycles. The minimum absolute atomic E-state index is 0.0205. The summed E-state index contributed by atoms with van der Waals surface area (Å²) in [4.78, 5) is 27.3. The maximum Gasteiger partial charge on any atom is 0.326 e. The second-order valence-electron chi connectivity index (χ2n) is 6.36. The Labute approximate surface area is 157 Å². The number of carboxylic acids is 1. The third-order valence-corrected chi connectivity index (χ3v) is 5.07. The Morgan fingerprint density at radius 2 is 1.67 bits per heavy atom. The number of carbonyl (C=O) groups excluding carboxylic acids is 1. The molecule has 0 saturated heterocycles. The van der Waals surface area contributed by atoms with E-state index in [0.717, 1.165) is 0 Å². The Kier molecular flexibility index (Phi) is 6.51. The van der Waals surface area contributed by atoms with E-state index in [1.54, 1.807) is 0 Å². The molecule has 0 aliphatic heterocycles. The van der Waals surface area contributed by atoms with E-state index in [-0.39, 0.29) is 16.4 Å². The molecule has 8 nitrogen and oxygen atoms in total. The topological polar surface area (TPSA) is 125 Å². The number of nitrogens with one attached hydrogen (secondary N) is 2. The summed E-state index contributed by atoms with van der Waals surface area (Å²) < 4.78 is 27.1. The van der Waals surface area contributed by atoms with Gasteiger partial charge in [-0.3, -0.25) is 14.5 Å². The van der Waals surface area contributed by atoms with Crippen LogP contribution >= 0.6 is 0 Å². The number of nitrogens with zero attached hydrogens (tertiary/aromatic N) is 1. The van der Waals surface area contributed by atoms with Crippen LogP contribution in [-0.4, -0.2) is 36.4 Å². The third-order valence-electron chi connectivity index (χ3n) is 3.67. The van der Waals surface area contributed by atoms with Crippen LogP contribution in [0.2, 0.25) is 0 Å². The summed E-state index contributed by atoms with van der Waals surface area (Å²) in [6, 6.07) is 7.28. The summed E-state index contributed by atoms with van der Waals surface area (Å²) in [5, 5.41) is 11.7. The van der Waals surface area contributed by atoms with Crippen LogP contribution in [0.4, 0.5) is 5.69 Å². The van der Waals surface area contributed by atoms with Crippen molar-refractivity contribution in [3.63, 3.8) is 0 Å². The van der Waals surface area contributed by atoms with E-state index in [4.69, 9.17) is 0 Å². The maximum atomic E-state index is 12.4. The van der Waals surface area contributed by atoms with Gasteiger partial charge in [-0.25, -0.2) is 13.2 Å². The van der Waals surface area contributed by atoms with E-state index in [0.29, 0.717) is 12.1 Å². The smallest absolute Gasteiger partial charge is 0.326 e. The minimum atomic E-state index is -3.81. The van der Waals surface area contributed by atoms with Gasteiger partial charge in [0, 0.05) is 18.0 Å². The molecule has 1 aromatic heterocycles. The lowest BCUT2D eigenvalue weighted by molar-refractivity contribution is -0.139. The molecular weight excluding hydrogens is 370 g/mol. The Balaban J connectivity index is 2.11. The summed E-state index contributed by atoms with van der Waals surface area (Å²) in [7, 11) is -3.81. The van der Waals surface area contributed by atoms with Gasteiger partial charge in [0.2, 0.25) is 0 Å². The molecule has 9 heteroatoms. The number of anilines is 1. The summed E-state index contributed by atoms with van der Waals surface area (Å²) in [5.74, 6) is -1.59. The largest absolute Gasteiger partial charge is 0.480 e. The van der Waals surface area contributed by atoms with Gasteiger partial charge in [0.15, 0.2) is 0 Å². The van der Waals surface area contributed by atoms with Crippen LogP contribution in [0.1, 0.15) is 30.6 Å². The van der Waals surface area contributed by atoms with E-state index in [9.17, 15) is 23.1 Å². The first-order valence-electron chi connectivity index (χ1n) is 8.25. The number of benzene rings is 1. The molecule has 2 aromatic rings. The molecule has 0 fully saturated rings. The average Bonchev–Trinajstić information content (AvgIpc) is 2.61. The molecule has 1 atom stereocenters. The number of pyridine rings is 1. The fourth-order valence-corrected chi connectivity index (χ4v) is 3.41. The number of rotatable bonds is 8. The first-order chi connectivity index (χ1) is 12.7. The predicted molar refractivity (Wildman–Crippen MR) is 99.8 cm³/mol. The van der Waals surface area contributed by atoms with Crippen LogP contribution in [0.15, 0.2) is 53.7 Å². The molecule has 0 saturated carbocycles. The molecule has 1 amide bonds. The van der Waals surface area contributed by atoms with Crippen LogP contribution in [0.3, 0.4) is 0 Å². The van der Waals surface area contributed by atoms with E-state index in [2.05, 4.69) is 15.0 Å². The second kappa shape index (κ2) is 8.63. The molecule has 0 aliphatic rings. The normalized spacial score (nSPS) is 12.4. The number of aliphatic carboxylic acids is 1. The second-order valence-corrected chi connectivity index (χ2v) is 8.04. The predicted octanol–water partition coefficient (Wildman–Crippen LogP) is 2.11. The van der Waals surface area contributed by atoms with E-state index in [1.807, 2.05) is 13.8 Å². The van der Waals surface area contributed by atoms with Gasteiger partial charge in [-0.2, -0.15) is 0 Å². The summed E-state index contributed by atoms with van der Waals surface area (Å²) in [6.07, 6.45) is 3.21. The molecule has 0 radical (unpaired) electrons. The average molecular weight is 391 g/mol. The number of sulfonamides is 1. The van der Waals surface area contributed by atoms with Gasteiger partial charge < -0.3 is 10.4 Å². The highest BCUT2D eigenvalue weighted by molar-refractivity contribution is 7.92. The highest BCUT2D eigenvalue weighted by Gasteiger charge is 2.22. The van der Waals surface area contributed by atoms with Gasteiger partial charge in [-0.1, -0.05) is 13.8 Å². The number of hydrogen-bond acceptors (Lipinski definition) is 5. The molecule has 1 unspecified atom stereocenters. The lowest BCUT2D eigenvalue weighted by Crippen LogP contribution is -2.41. The van der Waals surface area contributed by atoms with Gasteiger partial charge in [-0.15, -0.1) is 0 Å². The molecule has 144 valence electrons. The molecule has 0 bridgehead atoms. The Morgan fingerprint density at radius 1 is 1.07 bits per heavy atom. The van der Waals surface area contributed by atoms with Gasteiger partial charge >= 0.3 is 5.97 Å². The highest BCUT2D eigenvalue weighted by atomic mass is 32.2. The van der Waals surface area contributed by atoms with Crippen molar-refractivity contribution in [2.45, 2.75) is 31.2 Å². The van der Waals surface area contributed by atoms with Crippen LogP contribution in [0.25, 0.3) is 0 Å². The van der Waals surface area contributed by atoms with Crippen LogP contribution in [0, 0.1) is 5.92 Å². The molecule has 27 heavy (non-hydrogen) atoms. The van der Waals surface area contributed by atoms with Crippen LogP contribution in [-0.2, 0) is 14.8 Å². The lowest BCUT2D eigenvalue weighted by atomic mass is 10.0. The zero-order chi connectivity index (χ0) is 20.0. The number of hydrogen-bond donors (Lipinski definition) is 3. The number of carboxylic acid groups (broad SMARTS) is 1. The third kappa shape index (κ3) is 5.78. The van der Waals surface area contributed by atoms with Gasteiger partial charge in [0.05, 0.1) is 10.6 Å². The van der Waals surface area contributed by atoms with Crippen molar-refractivity contribution in [1.82, 2.24) is 10.3 Å². The van der Waals surface area contributed by atoms with Crippen molar-refractivity contribution >= 4 is 27.6 Å². The Hall–Kier alpha value is -2.94. The Bertz CT molecular complexity index is 896. The molecule has 1 heterocycles. The van der Waals surface area contributed by atoms with E-state index < -0.39 is 27.9 Å². The van der Waals surface area contributed by atoms with Crippen LogP contribution < -0.4 is 10.0 Å². The van der Waals surface area contributed by atoms with Crippen molar-refractivity contribution in [1.29, 1.82) is 0 Å².